The molecule has 0 spiro atoms. The molecule has 0 amide bonds. The summed E-state index contributed by atoms with van der Waals surface area (Å²) >= 11 is 0. The highest BCUT2D eigenvalue weighted by atomic mass is 16.4. The van der Waals surface area contributed by atoms with Crippen molar-refractivity contribution in [2.45, 2.75) is 32.7 Å². The van der Waals surface area contributed by atoms with Gasteiger partial charge in [0.15, 0.2) is 0 Å². The Hall–Kier alpha value is -4.06. The Morgan fingerprint density at radius 3 is 2.27 bits per heavy atom. The molecule has 0 saturated carbocycles. The normalized spacial score (nSPS) is 11.8. The number of ketones is 1. The van der Waals surface area contributed by atoms with E-state index in [0.29, 0.717) is 17.7 Å². The van der Waals surface area contributed by atoms with Crippen molar-refractivity contribution in [1.29, 1.82) is 0 Å². The third-order valence-electron chi connectivity index (χ3n) is 5.75. The highest BCUT2D eigenvalue weighted by Crippen LogP contribution is 2.25. The lowest BCUT2D eigenvalue weighted by Crippen LogP contribution is -2.10. The molecule has 166 valence electrons. The minimum absolute atomic E-state index is 0.150. The van der Waals surface area contributed by atoms with Crippen molar-refractivity contribution in [2.24, 2.45) is 0 Å². The Labute approximate surface area is 192 Å². The third kappa shape index (κ3) is 4.75. The van der Waals surface area contributed by atoms with E-state index in [4.69, 9.17) is 0 Å². The maximum atomic E-state index is 12.9. The fourth-order valence-corrected chi connectivity index (χ4v) is 3.72. The number of hydrogen-bond donors (Lipinski definition) is 1. The monoisotopic (exact) mass is 439 g/mol. The van der Waals surface area contributed by atoms with E-state index < -0.39 is 5.97 Å². The highest BCUT2D eigenvalue weighted by molar-refractivity contribution is 6.06. The predicted octanol–water partition coefficient (Wildman–Crippen LogP) is 5.44. The molecule has 0 bridgehead atoms. The maximum absolute atomic E-state index is 12.9. The summed E-state index contributed by atoms with van der Waals surface area (Å²) in [5, 5.41) is 14.0. The number of hydrogen-bond acceptors (Lipinski definition) is 4. The third-order valence-corrected chi connectivity index (χ3v) is 5.75. The molecule has 1 heterocycles. The van der Waals surface area contributed by atoms with Crippen LogP contribution in [0.25, 0.3) is 11.1 Å². The van der Waals surface area contributed by atoms with E-state index in [0.717, 1.165) is 23.4 Å². The lowest BCUT2D eigenvalue weighted by Gasteiger charge is -2.11. The minimum atomic E-state index is -0.953. The average molecular weight is 440 g/mol. The van der Waals surface area contributed by atoms with Gasteiger partial charge in [-0.3, -0.25) is 4.79 Å². The molecule has 4 aromatic rings. The van der Waals surface area contributed by atoms with Gasteiger partial charge in [-0.1, -0.05) is 86.6 Å². The van der Waals surface area contributed by atoms with Crippen molar-refractivity contribution in [3.63, 3.8) is 0 Å². The molecule has 0 aliphatic heterocycles. The molecule has 1 N–H and O–H groups in total. The Balaban J connectivity index is 1.63. The van der Waals surface area contributed by atoms with Crippen LogP contribution in [0.15, 0.2) is 78.9 Å². The Morgan fingerprint density at radius 2 is 1.61 bits per heavy atom. The molecule has 0 fully saturated rings. The van der Waals surface area contributed by atoms with Crippen LogP contribution in [-0.4, -0.2) is 31.6 Å². The van der Waals surface area contributed by atoms with E-state index in [1.165, 1.54) is 0 Å². The zero-order chi connectivity index (χ0) is 23.4. The van der Waals surface area contributed by atoms with Crippen LogP contribution < -0.4 is 0 Å². The summed E-state index contributed by atoms with van der Waals surface area (Å²) in [5.41, 5.74) is 3.32. The summed E-state index contributed by atoms with van der Waals surface area (Å²) in [6, 6.07) is 23.7. The molecular weight excluding hydrogens is 414 g/mol. The van der Waals surface area contributed by atoms with Gasteiger partial charge in [0.2, 0.25) is 11.6 Å². The summed E-state index contributed by atoms with van der Waals surface area (Å²) in [6.45, 7) is 4.62. The standard InChI is InChI=1S/C27H25N3O3/c1-3-18(2)26-28-25(24(31)21-9-5-4-6-10-21)29-30(26)17-19-13-15-20(16-14-19)22-11-7-8-12-23(22)27(32)33/h4-16,18H,3,17H2,1-2H3,(H,32,33). The van der Waals surface area contributed by atoms with Gasteiger partial charge in [-0.2, -0.15) is 0 Å². The van der Waals surface area contributed by atoms with Crippen LogP contribution in [-0.2, 0) is 6.54 Å². The quantitative estimate of drug-likeness (QED) is 0.370. The number of nitrogens with zero attached hydrogens (tertiary/aromatic N) is 3. The number of carbonyl (C=O) groups excluding carboxylic acids is 1. The van der Waals surface area contributed by atoms with Gasteiger partial charge in [0.05, 0.1) is 12.1 Å². The van der Waals surface area contributed by atoms with Crippen molar-refractivity contribution < 1.29 is 14.7 Å². The highest BCUT2D eigenvalue weighted by Gasteiger charge is 2.21. The van der Waals surface area contributed by atoms with Crippen molar-refractivity contribution in [3.8, 4) is 11.1 Å². The van der Waals surface area contributed by atoms with Gasteiger partial charge in [0.25, 0.3) is 0 Å². The van der Waals surface area contributed by atoms with Gasteiger partial charge >= 0.3 is 5.97 Å². The summed E-state index contributed by atoms with van der Waals surface area (Å²) < 4.78 is 1.80. The summed E-state index contributed by atoms with van der Waals surface area (Å²) in [5.74, 6) is -0.0252. The van der Waals surface area contributed by atoms with Gasteiger partial charge in [-0.05, 0) is 29.2 Å². The molecule has 6 heteroatoms. The second kappa shape index (κ2) is 9.61. The van der Waals surface area contributed by atoms with Crippen molar-refractivity contribution >= 4 is 11.8 Å². The zero-order valence-corrected chi connectivity index (χ0v) is 18.6. The van der Waals surface area contributed by atoms with E-state index in [1.54, 1.807) is 35.0 Å². The maximum Gasteiger partial charge on any atom is 0.336 e. The summed E-state index contributed by atoms with van der Waals surface area (Å²) in [6.07, 6.45) is 0.878. The van der Waals surface area contributed by atoms with Crippen LogP contribution in [0.1, 0.15) is 64.1 Å². The second-order valence-electron chi connectivity index (χ2n) is 8.00. The van der Waals surface area contributed by atoms with Crippen LogP contribution in [0.4, 0.5) is 0 Å². The molecule has 33 heavy (non-hydrogen) atoms. The van der Waals surface area contributed by atoms with Crippen LogP contribution in [0.2, 0.25) is 0 Å². The van der Waals surface area contributed by atoms with Crippen molar-refractivity contribution in [1.82, 2.24) is 14.8 Å². The average Bonchev–Trinajstić information content (AvgIpc) is 3.27. The topological polar surface area (TPSA) is 85.1 Å². The lowest BCUT2D eigenvalue weighted by atomic mass is 9.99. The minimum Gasteiger partial charge on any atom is -0.478 e. The number of carboxylic acids is 1. The van der Waals surface area contributed by atoms with Gasteiger partial charge in [-0.25, -0.2) is 14.5 Å². The smallest absolute Gasteiger partial charge is 0.336 e. The number of rotatable bonds is 8. The molecule has 3 aromatic carbocycles. The Morgan fingerprint density at radius 1 is 0.939 bits per heavy atom. The van der Waals surface area contributed by atoms with Gasteiger partial charge in [0, 0.05) is 11.5 Å². The fourth-order valence-electron chi connectivity index (χ4n) is 3.72. The molecular formula is C27H25N3O3. The SMILES string of the molecule is CCC(C)c1nc(C(=O)c2ccccc2)nn1Cc1ccc(-c2ccccc2C(=O)O)cc1. The van der Waals surface area contributed by atoms with Gasteiger partial charge < -0.3 is 5.11 Å². The number of aromatic carboxylic acids is 1. The number of carbonyl (C=O) groups is 2. The summed E-state index contributed by atoms with van der Waals surface area (Å²) in [4.78, 5) is 29.0. The zero-order valence-electron chi connectivity index (χ0n) is 18.6. The van der Waals surface area contributed by atoms with Crippen molar-refractivity contribution in [3.05, 3.63) is 107 Å². The first-order chi connectivity index (χ1) is 16.0. The first-order valence-electron chi connectivity index (χ1n) is 10.9. The Kier molecular flexibility index (Phi) is 6.45. The number of benzene rings is 3. The molecule has 4 rings (SSSR count). The number of aromatic nitrogens is 3. The fraction of sp³-hybridized carbons (Fsp3) is 0.185. The van der Waals surface area contributed by atoms with Crippen molar-refractivity contribution in [2.75, 3.05) is 0 Å². The lowest BCUT2D eigenvalue weighted by molar-refractivity contribution is 0.0697. The second-order valence-corrected chi connectivity index (χ2v) is 8.00. The van der Waals surface area contributed by atoms with E-state index in [-0.39, 0.29) is 23.1 Å². The molecule has 1 unspecified atom stereocenters. The largest absolute Gasteiger partial charge is 0.478 e. The summed E-state index contributed by atoms with van der Waals surface area (Å²) in [7, 11) is 0. The van der Waals surface area contributed by atoms with E-state index >= 15 is 0 Å². The van der Waals surface area contributed by atoms with Crippen LogP contribution >= 0.6 is 0 Å². The number of carboxylic acid groups (broad SMARTS) is 1. The molecule has 0 saturated heterocycles. The van der Waals surface area contributed by atoms with Gasteiger partial charge in [-0.15, -0.1) is 5.10 Å². The van der Waals surface area contributed by atoms with Crippen LogP contribution in [0, 0.1) is 0 Å². The molecule has 6 nitrogen and oxygen atoms in total. The Bertz CT molecular complexity index is 1280. The van der Waals surface area contributed by atoms with Crippen LogP contribution in [0.5, 0.6) is 0 Å². The molecule has 1 aromatic heterocycles. The van der Waals surface area contributed by atoms with E-state index in [2.05, 4.69) is 23.9 Å². The van der Waals surface area contributed by atoms with E-state index in [9.17, 15) is 14.7 Å². The molecule has 1 atom stereocenters. The first-order valence-corrected chi connectivity index (χ1v) is 10.9. The molecule has 0 radical (unpaired) electrons. The van der Waals surface area contributed by atoms with E-state index in [1.807, 2.05) is 48.5 Å². The van der Waals surface area contributed by atoms with Gasteiger partial charge in [0.1, 0.15) is 5.82 Å². The van der Waals surface area contributed by atoms with Crippen LogP contribution in [0.3, 0.4) is 0 Å². The molecule has 0 aliphatic rings. The predicted molar refractivity (Wildman–Crippen MR) is 127 cm³/mol. The molecule has 0 aliphatic carbocycles. The first kappa shape index (κ1) is 22.1.